The summed E-state index contributed by atoms with van der Waals surface area (Å²) in [7, 11) is 1.72. The summed E-state index contributed by atoms with van der Waals surface area (Å²) in [5.74, 6) is 2.00. The van der Waals surface area contributed by atoms with Crippen LogP contribution in [0.4, 0.5) is 5.82 Å². The number of alkyl halides is 1. The van der Waals surface area contributed by atoms with Gasteiger partial charge in [0.2, 0.25) is 0 Å². The van der Waals surface area contributed by atoms with E-state index in [2.05, 4.69) is 31.9 Å². The lowest BCUT2D eigenvalue weighted by Crippen LogP contribution is -2.42. The number of ether oxygens (including phenoxy) is 1. The first-order valence-electron chi connectivity index (χ1n) is 7.09. The second-order valence-electron chi connectivity index (χ2n) is 5.16. The average molecular weight is 335 g/mol. The third-order valence-electron chi connectivity index (χ3n) is 4.08. The molecule has 3 nitrogen and oxygen atoms in total. The van der Waals surface area contributed by atoms with Crippen LogP contribution in [0.3, 0.4) is 0 Å². The Labute approximate surface area is 128 Å². The molecule has 0 atom stereocenters. The van der Waals surface area contributed by atoms with Crippen LogP contribution in [0.1, 0.15) is 19.3 Å². The fraction of sp³-hybridized carbons (Fsp3) is 0.438. The fourth-order valence-corrected chi connectivity index (χ4v) is 3.20. The van der Waals surface area contributed by atoms with Crippen LogP contribution < -0.4 is 9.64 Å². The highest BCUT2D eigenvalue weighted by molar-refractivity contribution is 9.09. The minimum absolute atomic E-state index is 0.636. The number of rotatable bonds is 5. The zero-order valence-corrected chi connectivity index (χ0v) is 13.3. The van der Waals surface area contributed by atoms with Gasteiger partial charge in [0.15, 0.2) is 0 Å². The number of nitrogens with zero attached hydrogens (tertiary/aromatic N) is 2. The van der Waals surface area contributed by atoms with Crippen molar-refractivity contribution in [3.63, 3.8) is 0 Å². The summed E-state index contributed by atoms with van der Waals surface area (Å²) in [5, 5.41) is 3.28. The molecule has 1 fully saturated rings. The first-order valence-corrected chi connectivity index (χ1v) is 8.21. The number of halogens is 1. The number of fused-ring (bicyclic) bond motifs is 1. The van der Waals surface area contributed by atoms with Gasteiger partial charge >= 0.3 is 0 Å². The van der Waals surface area contributed by atoms with E-state index in [1.165, 1.54) is 24.6 Å². The Kier molecular flexibility index (Phi) is 4.10. The topological polar surface area (TPSA) is 25.4 Å². The summed E-state index contributed by atoms with van der Waals surface area (Å²) in [6.07, 6.45) is 5.77. The van der Waals surface area contributed by atoms with E-state index in [1.807, 2.05) is 24.4 Å². The molecule has 0 saturated heterocycles. The molecular weight excluding hydrogens is 316 g/mol. The summed E-state index contributed by atoms with van der Waals surface area (Å²) < 4.78 is 5.47. The Balaban J connectivity index is 2.09. The molecule has 0 radical (unpaired) electrons. The molecule has 1 aromatic heterocycles. The largest absolute Gasteiger partial charge is 0.496 e. The van der Waals surface area contributed by atoms with Gasteiger partial charge in [0.25, 0.3) is 0 Å². The standard InChI is InChI=1S/C16H19BrN2O/c1-20-15-7-3-6-14-13(15)8-10-18-16(14)19(11-9-17)12-4-2-5-12/h3,6-8,10,12H,2,4-5,9,11H2,1H3. The van der Waals surface area contributed by atoms with Gasteiger partial charge in [-0.25, -0.2) is 4.98 Å². The van der Waals surface area contributed by atoms with Crippen molar-refractivity contribution in [1.82, 2.24) is 4.98 Å². The van der Waals surface area contributed by atoms with Crippen molar-refractivity contribution in [2.24, 2.45) is 0 Å². The summed E-state index contributed by atoms with van der Waals surface area (Å²) in [4.78, 5) is 7.10. The molecule has 106 valence electrons. The van der Waals surface area contributed by atoms with E-state index in [0.717, 1.165) is 28.8 Å². The number of anilines is 1. The zero-order valence-electron chi connectivity index (χ0n) is 11.7. The summed E-state index contributed by atoms with van der Waals surface area (Å²) >= 11 is 3.57. The normalized spacial score (nSPS) is 15.1. The monoisotopic (exact) mass is 334 g/mol. The Morgan fingerprint density at radius 2 is 2.15 bits per heavy atom. The lowest BCUT2D eigenvalue weighted by Gasteiger charge is -2.38. The molecule has 0 bridgehead atoms. The lowest BCUT2D eigenvalue weighted by atomic mass is 9.91. The van der Waals surface area contributed by atoms with Crippen LogP contribution in [0.25, 0.3) is 10.8 Å². The Morgan fingerprint density at radius 1 is 1.30 bits per heavy atom. The van der Waals surface area contributed by atoms with E-state index in [9.17, 15) is 0 Å². The molecule has 20 heavy (non-hydrogen) atoms. The van der Waals surface area contributed by atoms with Crippen molar-refractivity contribution in [3.8, 4) is 5.75 Å². The van der Waals surface area contributed by atoms with E-state index in [-0.39, 0.29) is 0 Å². The average Bonchev–Trinajstić information content (AvgIpc) is 2.43. The van der Waals surface area contributed by atoms with Crippen molar-refractivity contribution in [2.45, 2.75) is 25.3 Å². The molecule has 1 saturated carbocycles. The van der Waals surface area contributed by atoms with Crippen LogP contribution in [0.5, 0.6) is 5.75 Å². The van der Waals surface area contributed by atoms with Crippen LogP contribution in [-0.4, -0.2) is 30.0 Å². The number of aromatic nitrogens is 1. The Morgan fingerprint density at radius 3 is 2.80 bits per heavy atom. The first-order chi connectivity index (χ1) is 9.85. The van der Waals surface area contributed by atoms with Crippen molar-refractivity contribution in [1.29, 1.82) is 0 Å². The van der Waals surface area contributed by atoms with Gasteiger partial charge in [-0.05, 0) is 31.4 Å². The molecule has 3 rings (SSSR count). The van der Waals surface area contributed by atoms with E-state index in [1.54, 1.807) is 7.11 Å². The molecule has 0 aliphatic heterocycles. The van der Waals surface area contributed by atoms with E-state index in [4.69, 9.17) is 4.74 Å². The van der Waals surface area contributed by atoms with E-state index < -0.39 is 0 Å². The maximum Gasteiger partial charge on any atom is 0.136 e. The van der Waals surface area contributed by atoms with Crippen molar-refractivity contribution >= 4 is 32.5 Å². The van der Waals surface area contributed by atoms with E-state index in [0.29, 0.717) is 6.04 Å². The third kappa shape index (κ3) is 2.37. The number of methoxy groups -OCH3 is 1. The summed E-state index contributed by atoms with van der Waals surface area (Å²) in [6, 6.07) is 8.85. The van der Waals surface area contributed by atoms with Gasteiger partial charge in [-0.1, -0.05) is 28.1 Å². The van der Waals surface area contributed by atoms with Gasteiger partial charge in [0.05, 0.1) is 7.11 Å². The van der Waals surface area contributed by atoms with Crippen molar-refractivity contribution < 1.29 is 4.74 Å². The minimum atomic E-state index is 0.636. The molecule has 0 spiro atoms. The number of pyridine rings is 1. The summed E-state index contributed by atoms with van der Waals surface area (Å²) in [6.45, 7) is 0.994. The van der Waals surface area contributed by atoms with Crippen LogP contribution >= 0.6 is 15.9 Å². The van der Waals surface area contributed by atoms with Crippen LogP contribution in [0.2, 0.25) is 0 Å². The summed E-state index contributed by atoms with van der Waals surface area (Å²) in [5.41, 5.74) is 0. The first kappa shape index (κ1) is 13.7. The van der Waals surface area contributed by atoms with Gasteiger partial charge in [0, 0.05) is 34.9 Å². The zero-order chi connectivity index (χ0) is 13.9. The van der Waals surface area contributed by atoms with Gasteiger partial charge in [-0.3, -0.25) is 0 Å². The van der Waals surface area contributed by atoms with Crippen LogP contribution in [-0.2, 0) is 0 Å². The third-order valence-corrected chi connectivity index (χ3v) is 4.43. The maximum absolute atomic E-state index is 5.47. The van der Waals surface area contributed by atoms with Gasteiger partial charge in [-0.15, -0.1) is 0 Å². The van der Waals surface area contributed by atoms with Gasteiger partial charge < -0.3 is 9.64 Å². The van der Waals surface area contributed by atoms with Crippen molar-refractivity contribution in [2.75, 3.05) is 23.9 Å². The second-order valence-corrected chi connectivity index (χ2v) is 5.95. The smallest absolute Gasteiger partial charge is 0.136 e. The van der Waals surface area contributed by atoms with Crippen LogP contribution in [0.15, 0.2) is 30.5 Å². The number of benzene rings is 1. The van der Waals surface area contributed by atoms with Gasteiger partial charge in [0.1, 0.15) is 11.6 Å². The second kappa shape index (κ2) is 6.00. The quantitative estimate of drug-likeness (QED) is 0.773. The predicted molar refractivity (Wildman–Crippen MR) is 87.1 cm³/mol. The molecule has 1 aromatic carbocycles. The molecular formula is C16H19BrN2O. The molecule has 1 aliphatic carbocycles. The van der Waals surface area contributed by atoms with E-state index >= 15 is 0 Å². The molecule has 1 aliphatic rings. The highest BCUT2D eigenvalue weighted by Crippen LogP contribution is 2.35. The fourth-order valence-electron chi connectivity index (χ4n) is 2.82. The highest BCUT2D eigenvalue weighted by atomic mass is 79.9. The SMILES string of the molecule is COc1cccc2c(N(CCBr)C3CCC3)nccc12. The maximum atomic E-state index is 5.47. The lowest BCUT2D eigenvalue weighted by molar-refractivity contribution is 0.389. The molecule has 4 heteroatoms. The number of hydrogen-bond acceptors (Lipinski definition) is 3. The molecule has 2 aromatic rings. The molecule has 1 heterocycles. The number of hydrogen-bond donors (Lipinski definition) is 0. The predicted octanol–water partition coefficient (Wildman–Crippen LogP) is 4.00. The minimum Gasteiger partial charge on any atom is -0.496 e. The highest BCUT2D eigenvalue weighted by Gasteiger charge is 2.26. The Bertz CT molecular complexity index is 598. The van der Waals surface area contributed by atoms with Crippen molar-refractivity contribution in [3.05, 3.63) is 30.5 Å². The molecule has 0 unspecified atom stereocenters. The molecule has 0 N–H and O–H groups in total. The molecule has 0 amide bonds. The Hall–Kier alpha value is -1.29. The van der Waals surface area contributed by atoms with Gasteiger partial charge in [-0.2, -0.15) is 0 Å². The van der Waals surface area contributed by atoms with Crippen LogP contribution in [0, 0.1) is 0 Å².